The van der Waals surface area contributed by atoms with E-state index < -0.39 is 11.9 Å². The lowest BCUT2D eigenvalue weighted by atomic mass is 9.93. The van der Waals surface area contributed by atoms with Crippen LogP contribution in [-0.2, 0) is 11.2 Å². The molecule has 19 heavy (non-hydrogen) atoms. The minimum absolute atomic E-state index is 0.509. The van der Waals surface area contributed by atoms with Crippen LogP contribution in [0.1, 0.15) is 23.5 Å². The molecule has 0 spiro atoms. The van der Waals surface area contributed by atoms with Crippen LogP contribution in [0.15, 0.2) is 48.8 Å². The second-order valence-electron chi connectivity index (χ2n) is 4.34. The zero-order chi connectivity index (χ0) is 13.7. The van der Waals surface area contributed by atoms with Crippen molar-refractivity contribution in [3.63, 3.8) is 0 Å². The van der Waals surface area contributed by atoms with E-state index in [4.69, 9.17) is 11.6 Å². The van der Waals surface area contributed by atoms with Crippen molar-refractivity contribution in [2.75, 3.05) is 0 Å². The molecule has 0 amide bonds. The first-order chi connectivity index (χ1) is 9.16. The van der Waals surface area contributed by atoms with Crippen LogP contribution in [0.25, 0.3) is 0 Å². The minimum Gasteiger partial charge on any atom is -0.481 e. The molecule has 0 saturated carbocycles. The summed E-state index contributed by atoms with van der Waals surface area (Å²) in [5, 5.41) is 9.94. The van der Waals surface area contributed by atoms with Crippen LogP contribution in [0.2, 0.25) is 5.02 Å². The molecule has 0 aliphatic heterocycles. The van der Waals surface area contributed by atoms with Gasteiger partial charge in [-0.25, -0.2) is 0 Å². The fraction of sp³-hybridized carbons (Fsp3) is 0.200. The number of aromatic nitrogens is 1. The monoisotopic (exact) mass is 275 g/mol. The molecule has 0 aliphatic carbocycles. The molecule has 0 aliphatic rings. The van der Waals surface area contributed by atoms with Crippen LogP contribution < -0.4 is 0 Å². The number of carboxylic acid groups (broad SMARTS) is 1. The summed E-state index contributed by atoms with van der Waals surface area (Å²) in [4.78, 5) is 15.3. The van der Waals surface area contributed by atoms with E-state index in [1.54, 1.807) is 36.7 Å². The van der Waals surface area contributed by atoms with Gasteiger partial charge in [-0.3, -0.25) is 9.78 Å². The van der Waals surface area contributed by atoms with Gasteiger partial charge < -0.3 is 5.11 Å². The van der Waals surface area contributed by atoms with E-state index in [2.05, 4.69) is 4.98 Å². The van der Waals surface area contributed by atoms with E-state index in [-0.39, 0.29) is 0 Å². The molecule has 4 heteroatoms. The molecule has 0 radical (unpaired) electrons. The van der Waals surface area contributed by atoms with Gasteiger partial charge >= 0.3 is 5.97 Å². The highest BCUT2D eigenvalue weighted by Crippen LogP contribution is 2.23. The largest absolute Gasteiger partial charge is 0.481 e. The Bertz CT molecular complexity index is 540. The number of carbonyl (C=O) groups is 1. The number of aliphatic carboxylic acids is 1. The van der Waals surface area contributed by atoms with Crippen LogP contribution in [0.4, 0.5) is 0 Å². The molecular weight excluding hydrogens is 262 g/mol. The van der Waals surface area contributed by atoms with Gasteiger partial charge in [-0.15, -0.1) is 0 Å². The summed E-state index contributed by atoms with van der Waals surface area (Å²) in [5.74, 6) is -1.32. The molecule has 0 fully saturated rings. The first-order valence-electron chi connectivity index (χ1n) is 6.04. The van der Waals surface area contributed by atoms with Crippen LogP contribution in [0.3, 0.4) is 0 Å². The fourth-order valence-electron chi connectivity index (χ4n) is 1.99. The Kier molecular flexibility index (Phi) is 4.53. The molecule has 2 rings (SSSR count). The number of aryl methyl sites for hydroxylation is 1. The average Bonchev–Trinajstić information content (AvgIpc) is 2.42. The van der Waals surface area contributed by atoms with E-state index >= 15 is 0 Å². The molecule has 2 aromatic rings. The summed E-state index contributed by atoms with van der Waals surface area (Å²) < 4.78 is 0. The van der Waals surface area contributed by atoms with E-state index in [9.17, 15) is 9.90 Å². The Hall–Kier alpha value is -1.87. The van der Waals surface area contributed by atoms with Crippen molar-refractivity contribution in [1.82, 2.24) is 4.98 Å². The lowest BCUT2D eigenvalue weighted by Gasteiger charge is -2.12. The molecule has 0 saturated heterocycles. The number of rotatable bonds is 5. The highest BCUT2D eigenvalue weighted by atomic mass is 35.5. The summed E-state index contributed by atoms with van der Waals surface area (Å²) in [6, 6.07) is 10.8. The molecule has 1 aromatic heterocycles. The fourth-order valence-corrected chi connectivity index (χ4v) is 2.11. The van der Waals surface area contributed by atoms with Crippen molar-refractivity contribution in [3.8, 4) is 0 Å². The molecule has 1 heterocycles. The van der Waals surface area contributed by atoms with Crippen molar-refractivity contribution in [1.29, 1.82) is 0 Å². The number of pyridine rings is 1. The number of hydrogen-bond acceptors (Lipinski definition) is 2. The standard InChI is InChI=1S/C15H14ClNO2/c16-13-4-2-12(3-5-13)14(15(18)19)6-1-11-7-9-17-10-8-11/h2-5,7-10,14H,1,6H2,(H,18,19). The molecule has 1 aromatic carbocycles. The van der Waals surface area contributed by atoms with E-state index in [0.717, 1.165) is 11.1 Å². The summed E-state index contributed by atoms with van der Waals surface area (Å²) in [6.45, 7) is 0. The zero-order valence-corrected chi connectivity index (χ0v) is 11.0. The van der Waals surface area contributed by atoms with Gasteiger partial charge in [0.05, 0.1) is 5.92 Å². The van der Waals surface area contributed by atoms with Crippen molar-refractivity contribution < 1.29 is 9.90 Å². The van der Waals surface area contributed by atoms with Crippen LogP contribution in [0.5, 0.6) is 0 Å². The van der Waals surface area contributed by atoms with E-state index in [1.807, 2.05) is 12.1 Å². The Morgan fingerprint density at radius 3 is 2.37 bits per heavy atom. The highest BCUT2D eigenvalue weighted by molar-refractivity contribution is 6.30. The van der Waals surface area contributed by atoms with E-state index in [1.165, 1.54) is 0 Å². The molecule has 0 bridgehead atoms. The third-order valence-electron chi connectivity index (χ3n) is 3.04. The Labute approximate surface area is 116 Å². The van der Waals surface area contributed by atoms with Gasteiger partial charge in [0.15, 0.2) is 0 Å². The van der Waals surface area contributed by atoms with Crippen LogP contribution in [0, 0.1) is 0 Å². The zero-order valence-electron chi connectivity index (χ0n) is 10.3. The van der Waals surface area contributed by atoms with Crippen molar-refractivity contribution in [2.45, 2.75) is 18.8 Å². The first-order valence-corrected chi connectivity index (χ1v) is 6.42. The predicted octanol–water partition coefficient (Wildman–Crippen LogP) is 3.54. The van der Waals surface area contributed by atoms with Gasteiger partial charge in [0, 0.05) is 17.4 Å². The summed E-state index contributed by atoms with van der Waals surface area (Å²) >= 11 is 5.81. The van der Waals surface area contributed by atoms with Crippen molar-refractivity contribution in [3.05, 3.63) is 64.9 Å². The number of halogens is 1. The minimum atomic E-state index is -0.809. The predicted molar refractivity (Wildman–Crippen MR) is 74.4 cm³/mol. The maximum absolute atomic E-state index is 11.4. The normalized spacial score (nSPS) is 12.1. The smallest absolute Gasteiger partial charge is 0.310 e. The van der Waals surface area contributed by atoms with Gasteiger partial charge in [0.1, 0.15) is 0 Å². The average molecular weight is 276 g/mol. The van der Waals surface area contributed by atoms with Gasteiger partial charge in [-0.05, 0) is 48.2 Å². The van der Waals surface area contributed by atoms with Crippen LogP contribution >= 0.6 is 11.6 Å². The van der Waals surface area contributed by atoms with Crippen LogP contribution in [-0.4, -0.2) is 16.1 Å². The van der Waals surface area contributed by atoms with E-state index in [0.29, 0.717) is 17.9 Å². The molecule has 1 unspecified atom stereocenters. The lowest BCUT2D eigenvalue weighted by Crippen LogP contribution is -2.12. The van der Waals surface area contributed by atoms with Gasteiger partial charge in [0.25, 0.3) is 0 Å². The summed E-state index contributed by atoms with van der Waals surface area (Å²) in [5.41, 5.74) is 1.88. The lowest BCUT2D eigenvalue weighted by molar-refractivity contribution is -0.138. The van der Waals surface area contributed by atoms with Gasteiger partial charge in [-0.1, -0.05) is 23.7 Å². The van der Waals surface area contributed by atoms with Crippen molar-refractivity contribution in [2.24, 2.45) is 0 Å². The summed E-state index contributed by atoms with van der Waals surface area (Å²) in [7, 11) is 0. The Morgan fingerprint density at radius 1 is 1.16 bits per heavy atom. The summed E-state index contributed by atoms with van der Waals surface area (Å²) in [6.07, 6.45) is 4.70. The SMILES string of the molecule is O=C(O)C(CCc1ccncc1)c1ccc(Cl)cc1. The Balaban J connectivity index is 2.09. The third kappa shape index (κ3) is 3.80. The Morgan fingerprint density at radius 2 is 1.79 bits per heavy atom. The number of hydrogen-bond donors (Lipinski definition) is 1. The third-order valence-corrected chi connectivity index (χ3v) is 3.29. The highest BCUT2D eigenvalue weighted by Gasteiger charge is 2.19. The van der Waals surface area contributed by atoms with Gasteiger partial charge in [0.2, 0.25) is 0 Å². The van der Waals surface area contributed by atoms with Gasteiger partial charge in [-0.2, -0.15) is 0 Å². The number of benzene rings is 1. The molecular formula is C15H14ClNO2. The number of nitrogens with zero attached hydrogens (tertiary/aromatic N) is 1. The topological polar surface area (TPSA) is 50.2 Å². The molecule has 98 valence electrons. The maximum Gasteiger partial charge on any atom is 0.310 e. The quantitative estimate of drug-likeness (QED) is 0.908. The van der Waals surface area contributed by atoms with Crippen molar-refractivity contribution >= 4 is 17.6 Å². The second-order valence-corrected chi connectivity index (χ2v) is 4.77. The maximum atomic E-state index is 11.4. The number of carboxylic acids is 1. The first kappa shape index (κ1) is 13.6. The second kappa shape index (κ2) is 6.34. The molecule has 3 nitrogen and oxygen atoms in total. The molecule has 1 N–H and O–H groups in total. The molecule has 1 atom stereocenters.